The van der Waals surface area contributed by atoms with E-state index in [1.54, 1.807) is 11.6 Å². The van der Waals surface area contributed by atoms with Gasteiger partial charge in [-0.05, 0) is 61.4 Å². The molecule has 32 heavy (non-hydrogen) atoms. The van der Waals surface area contributed by atoms with Crippen LogP contribution in [0.3, 0.4) is 0 Å². The van der Waals surface area contributed by atoms with Gasteiger partial charge in [0.05, 0.1) is 0 Å². The maximum atomic E-state index is 11.2. The second-order valence-corrected chi connectivity index (χ2v) is 8.95. The molecule has 0 saturated carbocycles. The summed E-state index contributed by atoms with van der Waals surface area (Å²) in [5.74, 6) is 0.158. The summed E-state index contributed by atoms with van der Waals surface area (Å²) >= 11 is 0. The summed E-state index contributed by atoms with van der Waals surface area (Å²) in [7, 11) is 0. The SMILES string of the molecule is Cc1[nH]c2ccccc2c1C[C@H]1C[C@H]2CCC=C2N1Cc1ccc(C=CC(=O)NO)cc1. The number of aromatic nitrogens is 1. The lowest BCUT2D eigenvalue weighted by Crippen LogP contribution is -2.29. The van der Waals surface area contributed by atoms with Crippen LogP contribution in [0.15, 0.2) is 66.4 Å². The Morgan fingerprint density at radius 1 is 1.22 bits per heavy atom. The number of hydroxylamine groups is 1. The van der Waals surface area contributed by atoms with Gasteiger partial charge in [-0.2, -0.15) is 0 Å². The van der Waals surface area contributed by atoms with E-state index in [1.165, 1.54) is 58.8 Å². The summed E-state index contributed by atoms with van der Waals surface area (Å²) in [6, 6.07) is 17.4. The Balaban J connectivity index is 1.37. The topological polar surface area (TPSA) is 68.4 Å². The molecule has 2 heterocycles. The van der Waals surface area contributed by atoms with Crippen LogP contribution in [0.4, 0.5) is 0 Å². The molecule has 5 heteroatoms. The largest absolute Gasteiger partial charge is 0.367 e. The third-order valence-corrected chi connectivity index (χ3v) is 6.95. The van der Waals surface area contributed by atoms with Gasteiger partial charge in [0.2, 0.25) is 0 Å². The predicted octanol–water partition coefficient (Wildman–Crippen LogP) is 5.11. The quantitative estimate of drug-likeness (QED) is 0.291. The van der Waals surface area contributed by atoms with E-state index in [4.69, 9.17) is 5.21 Å². The number of carbonyl (C=O) groups excluding carboxylic acids is 1. The van der Waals surface area contributed by atoms with Crippen molar-refractivity contribution >= 4 is 22.9 Å². The first-order chi connectivity index (χ1) is 15.6. The zero-order valence-electron chi connectivity index (χ0n) is 18.3. The molecule has 5 nitrogen and oxygen atoms in total. The molecule has 1 aliphatic carbocycles. The van der Waals surface area contributed by atoms with Crippen LogP contribution < -0.4 is 5.48 Å². The van der Waals surface area contributed by atoms with Gasteiger partial charge in [-0.25, -0.2) is 5.48 Å². The minimum atomic E-state index is -0.527. The molecule has 0 unspecified atom stereocenters. The number of likely N-dealkylation sites (tertiary alicyclic amines) is 1. The Morgan fingerprint density at radius 3 is 2.84 bits per heavy atom. The smallest absolute Gasteiger partial charge is 0.267 e. The molecule has 3 aromatic rings. The summed E-state index contributed by atoms with van der Waals surface area (Å²) in [4.78, 5) is 17.4. The van der Waals surface area contributed by atoms with E-state index in [0.717, 1.165) is 18.5 Å². The van der Waals surface area contributed by atoms with Crippen molar-refractivity contribution in [2.75, 3.05) is 0 Å². The maximum Gasteiger partial charge on any atom is 0.267 e. The van der Waals surface area contributed by atoms with Gasteiger partial charge in [-0.1, -0.05) is 48.5 Å². The average molecular weight is 428 g/mol. The summed E-state index contributed by atoms with van der Waals surface area (Å²) in [6.45, 7) is 3.09. The number of hydrogen-bond acceptors (Lipinski definition) is 3. The molecule has 0 radical (unpaired) electrons. The normalized spacial score (nSPS) is 20.2. The fourth-order valence-corrected chi connectivity index (χ4v) is 5.39. The number of benzene rings is 2. The highest BCUT2D eigenvalue weighted by Crippen LogP contribution is 2.43. The van der Waals surface area contributed by atoms with Gasteiger partial charge in [-0.15, -0.1) is 0 Å². The molecular weight excluding hydrogens is 398 g/mol. The predicted molar refractivity (Wildman–Crippen MR) is 127 cm³/mol. The minimum Gasteiger partial charge on any atom is -0.367 e. The number of nitrogens with zero attached hydrogens (tertiary/aromatic N) is 1. The number of para-hydroxylation sites is 1. The lowest BCUT2D eigenvalue weighted by atomic mass is 9.96. The number of amides is 1. The first kappa shape index (κ1) is 20.6. The summed E-state index contributed by atoms with van der Waals surface area (Å²) in [6.07, 6.45) is 10.2. The van der Waals surface area contributed by atoms with E-state index in [-0.39, 0.29) is 0 Å². The van der Waals surface area contributed by atoms with Gasteiger partial charge in [0.15, 0.2) is 0 Å². The van der Waals surface area contributed by atoms with E-state index >= 15 is 0 Å². The third kappa shape index (κ3) is 3.96. The van der Waals surface area contributed by atoms with Crippen LogP contribution in [0.5, 0.6) is 0 Å². The van der Waals surface area contributed by atoms with Crippen molar-refractivity contribution in [3.8, 4) is 0 Å². The Kier molecular flexibility index (Phi) is 5.58. The molecule has 1 fully saturated rings. The molecule has 5 rings (SSSR count). The number of H-pyrrole nitrogens is 1. The van der Waals surface area contributed by atoms with Gasteiger partial charge < -0.3 is 9.88 Å². The fourth-order valence-electron chi connectivity index (χ4n) is 5.39. The highest BCUT2D eigenvalue weighted by Gasteiger charge is 2.38. The van der Waals surface area contributed by atoms with E-state index in [2.05, 4.69) is 59.3 Å². The van der Waals surface area contributed by atoms with Crippen LogP contribution in [-0.4, -0.2) is 27.0 Å². The van der Waals surface area contributed by atoms with Crippen LogP contribution in [-0.2, 0) is 17.8 Å². The molecule has 164 valence electrons. The van der Waals surface area contributed by atoms with Crippen molar-refractivity contribution in [1.29, 1.82) is 0 Å². The van der Waals surface area contributed by atoms with Crippen LogP contribution in [0, 0.1) is 12.8 Å². The molecule has 1 aromatic heterocycles. The van der Waals surface area contributed by atoms with Crippen molar-refractivity contribution in [2.45, 2.75) is 45.2 Å². The molecule has 3 N–H and O–H groups in total. The minimum absolute atomic E-state index is 0.497. The lowest BCUT2D eigenvalue weighted by Gasteiger charge is -2.28. The third-order valence-electron chi connectivity index (χ3n) is 6.95. The van der Waals surface area contributed by atoms with E-state index in [0.29, 0.717) is 12.0 Å². The summed E-state index contributed by atoms with van der Waals surface area (Å²) in [5, 5.41) is 9.97. The molecular formula is C27H29N3O2. The second-order valence-electron chi connectivity index (χ2n) is 8.95. The summed E-state index contributed by atoms with van der Waals surface area (Å²) in [5.41, 5.74) is 9.28. The molecule has 2 atom stereocenters. The van der Waals surface area contributed by atoms with Crippen LogP contribution in [0.2, 0.25) is 0 Å². The molecule has 2 aliphatic rings. The van der Waals surface area contributed by atoms with Crippen LogP contribution >= 0.6 is 0 Å². The average Bonchev–Trinajstić information content (AvgIpc) is 3.48. The zero-order chi connectivity index (χ0) is 22.1. The molecule has 0 bridgehead atoms. The number of aromatic amines is 1. The summed E-state index contributed by atoms with van der Waals surface area (Å²) < 4.78 is 0. The number of allylic oxidation sites excluding steroid dienone is 2. The van der Waals surface area contributed by atoms with Crippen LogP contribution in [0.25, 0.3) is 17.0 Å². The monoisotopic (exact) mass is 427 g/mol. The van der Waals surface area contributed by atoms with E-state index in [9.17, 15) is 4.79 Å². The molecule has 0 spiro atoms. The van der Waals surface area contributed by atoms with Crippen molar-refractivity contribution in [3.05, 3.63) is 88.8 Å². The fraction of sp³-hybridized carbons (Fsp3) is 0.296. The first-order valence-electron chi connectivity index (χ1n) is 11.4. The number of aryl methyl sites for hydroxylation is 1. The van der Waals surface area contributed by atoms with Gasteiger partial charge in [0.1, 0.15) is 0 Å². The highest BCUT2D eigenvalue weighted by atomic mass is 16.5. The molecule has 1 saturated heterocycles. The zero-order valence-corrected chi connectivity index (χ0v) is 18.3. The second kappa shape index (κ2) is 8.67. The number of fused-ring (bicyclic) bond motifs is 2. The van der Waals surface area contributed by atoms with Crippen LogP contribution in [0.1, 0.15) is 41.6 Å². The van der Waals surface area contributed by atoms with Crippen molar-refractivity contribution in [2.24, 2.45) is 5.92 Å². The molecule has 1 amide bonds. The highest BCUT2D eigenvalue weighted by molar-refractivity contribution is 5.90. The number of hydrogen-bond donors (Lipinski definition) is 3. The Hall–Kier alpha value is -3.31. The van der Waals surface area contributed by atoms with Crippen molar-refractivity contribution < 1.29 is 10.0 Å². The number of carbonyl (C=O) groups is 1. The van der Waals surface area contributed by atoms with E-state index in [1.807, 2.05) is 12.1 Å². The van der Waals surface area contributed by atoms with Gasteiger partial charge in [0.25, 0.3) is 5.91 Å². The van der Waals surface area contributed by atoms with Gasteiger partial charge in [0, 0.05) is 46.9 Å². The van der Waals surface area contributed by atoms with Crippen molar-refractivity contribution in [3.63, 3.8) is 0 Å². The Labute approximate surface area is 188 Å². The van der Waals surface area contributed by atoms with Gasteiger partial charge in [-0.3, -0.25) is 10.0 Å². The standard InChI is InChI=1S/C27H29N3O2/c1-18-24(23-6-2-3-7-25(23)28-18)16-22-15-21-5-4-8-26(21)30(22)17-20-11-9-19(10-12-20)13-14-27(31)29-32/h2-3,6-14,21-22,28,32H,4-5,15-17H2,1H3,(H,29,31)/t21-,22-/m1/s1. The Bertz CT molecular complexity index is 1190. The number of rotatable bonds is 6. The van der Waals surface area contributed by atoms with Crippen molar-refractivity contribution in [1.82, 2.24) is 15.4 Å². The maximum absolute atomic E-state index is 11.2. The lowest BCUT2D eigenvalue weighted by molar-refractivity contribution is -0.124. The molecule has 2 aromatic carbocycles. The first-order valence-corrected chi connectivity index (χ1v) is 11.4. The van der Waals surface area contributed by atoms with E-state index < -0.39 is 5.91 Å². The number of nitrogens with one attached hydrogen (secondary N) is 2. The van der Waals surface area contributed by atoms with Gasteiger partial charge >= 0.3 is 0 Å². The Morgan fingerprint density at radius 2 is 2.03 bits per heavy atom. The molecule has 1 aliphatic heterocycles.